The van der Waals surface area contributed by atoms with E-state index in [9.17, 15) is 9.59 Å². The standard InChI is InChI=1S/C21H25NO5/c1-15(12-13-16-8-5-4-6-9-16)22-19(23)14-27-21(24)17-10-7-11-18(25-2)20(17)26-3/h4-11,15H,12-14H2,1-3H3,(H,22,23)/t15-/m1/s1. The van der Waals surface area contributed by atoms with Crippen LogP contribution in [0.25, 0.3) is 0 Å². The highest BCUT2D eigenvalue weighted by Gasteiger charge is 2.19. The van der Waals surface area contributed by atoms with E-state index < -0.39 is 5.97 Å². The van der Waals surface area contributed by atoms with Crippen LogP contribution in [-0.4, -0.2) is 38.7 Å². The molecule has 0 aromatic heterocycles. The van der Waals surface area contributed by atoms with Gasteiger partial charge in [-0.25, -0.2) is 4.79 Å². The van der Waals surface area contributed by atoms with Gasteiger partial charge in [-0.15, -0.1) is 0 Å². The summed E-state index contributed by atoms with van der Waals surface area (Å²) >= 11 is 0. The summed E-state index contributed by atoms with van der Waals surface area (Å²) in [5.41, 5.74) is 1.43. The molecule has 0 saturated carbocycles. The van der Waals surface area contributed by atoms with Gasteiger partial charge in [-0.05, 0) is 37.5 Å². The third-order valence-corrected chi connectivity index (χ3v) is 4.07. The van der Waals surface area contributed by atoms with Gasteiger partial charge in [0.25, 0.3) is 5.91 Å². The van der Waals surface area contributed by atoms with Crippen LogP contribution in [0.3, 0.4) is 0 Å². The summed E-state index contributed by atoms with van der Waals surface area (Å²) in [6, 6.07) is 14.9. The second-order valence-corrected chi connectivity index (χ2v) is 6.11. The zero-order chi connectivity index (χ0) is 19.6. The molecular formula is C21H25NO5. The molecule has 0 unspecified atom stereocenters. The first-order chi connectivity index (χ1) is 13.0. The van der Waals surface area contributed by atoms with E-state index in [0.29, 0.717) is 5.75 Å². The van der Waals surface area contributed by atoms with Gasteiger partial charge >= 0.3 is 5.97 Å². The fraction of sp³-hybridized carbons (Fsp3) is 0.333. The molecule has 6 heteroatoms. The molecule has 0 radical (unpaired) electrons. The molecule has 144 valence electrons. The molecule has 0 spiro atoms. The maximum atomic E-state index is 12.3. The summed E-state index contributed by atoms with van der Waals surface area (Å²) < 4.78 is 15.5. The number of rotatable bonds is 9. The van der Waals surface area contributed by atoms with Crippen molar-refractivity contribution in [3.63, 3.8) is 0 Å². The van der Waals surface area contributed by atoms with Crippen molar-refractivity contribution in [2.24, 2.45) is 0 Å². The number of para-hydroxylation sites is 1. The Kier molecular flexibility index (Phi) is 7.67. The van der Waals surface area contributed by atoms with Gasteiger partial charge in [0, 0.05) is 6.04 Å². The number of carbonyl (C=O) groups is 2. The molecule has 2 aromatic carbocycles. The lowest BCUT2D eigenvalue weighted by atomic mass is 10.1. The van der Waals surface area contributed by atoms with Gasteiger partial charge in [-0.1, -0.05) is 36.4 Å². The summed E-state index contributed by atoms with van der Waals surface area (Å²) in [5, 5.41) is 2.84. The Morgan fingerprint density at radius 2 is 1.74 bits per heavy atom. The second kappa shape index (κ2) is 10.2. The molecule has 1 amide bonds. The SMILES string of the molecule is COc1cccc(C(=O)OCC(=O)N[C@H](C)CCc2ccccc2)c1OC. The van der Waals surface area contributed by atoms with Crippen molar-refractivity contribution >= 4 is 11.9 Å². The minimum absolute atomic E-state index is 0.0252. The van der Waals surface area contributed by atoms with Gasteiger partial charge in [-0.2, -0.15) is 0 Å². The molecule has 0 aliphatic carbocycles. The monoisotopic (exact) mass is 371 g/mol. The number of methoxy groups -OCH3 is 2. The van der Waals surface area contributed by atoms with Crippen LogP contribution in [0.1, 0.15) is 29.3 Å². The Morgan fingerprint density at radius 3 is 2.41 bits per heavy atom. The van der Waals surface area contributed by atoms with Crippen molar-refractivity contribution in [3.8, 4) is 11.5 Å². The first-order valence-electron chi connectivity index (χ1n) is 8.76. The van der Waals surface area contributed by atoms with Crippen LogP contribution in [0.5, 0.6) is 11.5 Å². The average molecular weight is 371 g/mol. The Labute approximate surface area is 159 Å². The predicted octanol–water partition coefficient (Wildman–Crippen LogP) is 3.00. The number of nitrogens with one attached hydrogen (secondary N) is 1. The summed E-state index contributed by atoms with van der Waals surface area (Å²) in [7, 11) is 2.92. The highest BCUT2D eigenvalue weighted by atomic mass is 16.5. The smallest absolute Gasteiger partial charge is 0.342 e. The molecule has 1 N–H and O–H groups in total. The first-order valence-corrected chi connectivity index (χ1v) is 8.76. The molecule has 0 saturated heterocycles. The minimum Gasteiger partial charge on any atom is -0.493 e. The number of amides is 1. The van der Waals surface area contributed by atoms with Crippen LogP contribution < -0.4 is 14.8 Å². The van der Waals surface area contributed by atoms with E-state index in [-0.39, 0.29) is 29.9 Å². The van der Waals surface area contributed by atoms with Crippen molar-refractivity contribution in [1.82, 2.24) is 5.32 Å². The largest absolute Gasteiger partial charge is 0.493 e. The van der Waals surface area contributed by atoms with E-state index in [0.717, 1.165) is 12.8 Å². The summed E-state index contributed by atoms with van der Waals surface area (Å²) in [6.07, 6.45) is 1.66. The predicted molar refractivity (Wildman–Crippen MR) is 102 cm³/mol. The molecule has 2 rings (SSSR count). The third kappa shape index (κ3) is 6.02. The number of esters is 1. The molecule has 0 aliphatic rings. The van der Waals surface area contributed by atoms with Crippen molar-refractivity contribution < 1.29 is 23.8 Å². The van der Waals surface area contributed by atoms with E-state index >= 15 is 0 Å². The lowest BCUT2D eigenvalue weighted by Gasteiger charge is -2.15. The van der Waals surface area contributed by atoms with Crippen molar-refractivity contribution in [2.45, 2.75) is 25.8 Å². The molecule has 27 heavy (non-hydrogen) atoms. The van der Waals surface area contributed by atoms with Crippen LogP contribution in [-0.2, 0) is 16.0 Å². The number of carbonyl (C=O) groups excluding carboxylic acids is 2. The van der Waals surface area contributed by atoms with Crippen LogP contribution in [0.15, 0.2) is 48.5 Å². The molecule has 0 fully saturated rings. The third-order valence-electron chi connectivity index (χ3n) is 4.07. The Balaban J connectivity index is 1.82. The Hall–Kier alpha value is -3.02. The van der Waals surface area contributed by atoms with Gasteiger partial charge in [-0.3, -0.25) is 4.79 Å². The quantitative estimate of drug-likeness (QED) is 0.686. The topological polar surface area (TPSA) is 73.9 Å². The lowest BCUT2D eigenvalue weighted by molar-refractivity contribution is -0.124. The number of aryl methyl sites for hydroxylation is 1. The van der Waals surface area contributed by atoms with Gasteiger partial charge in [0.15, 0.2) is 18.1 Å². The normalized spacial score (nSPS) is 11.4. The van der Waals surface area contributed by atoms with Gasteiger partial charge in [0.05, 0.1) is 14.2 Å². The number of hydrogen-bond donors (Lipinski definition) is 1. The lowest BCUT2D eigenvalue weighted by Crippen LogP contribution is -2.36. The first kappa shape index (κ1) is 20.3. The molecule has 6 nitrogen and oxygen atoms in total. The Bertz CT molecular complexity index is 760. The van der Waals surface area contributed by atoms with Crippen molar-refractivity contribution in [3.05, 3.63) is 59.7 Å². The van der Waals surface area contributed by atoms with E-state index in [1.165, 1.54) is 19.8 Å². The van der Waals surface area contributed by atoms with E-state index in [2.05, 4.69) is 17.4 Å². The second-order valence-electron chi connectivity index (χ2n) is 6.11. The Morgan fingerprint density at radius 1 is 1.00 bits per heavy atom. The van der Waals surface area contributed by atoms with Gasteiger partial charge in [0.1, 0.15) is 5.56 Å². The van der Waals surface area contributed by atoms with Crippen molar-refractivity contribution in [2.75, 3.05) is 20.8 Å². The maximum Gasteiger partial charge on any atom is 0.342 e. The van der Waals surface area contributed by atoms with Crippen LogP contribution in [0.2, 0.25) is 0 Å². The fourth-order valence-electron chi connectivity index (χ4n) is 2.67. The summed E-state index contributed by atoms with van der Waals surface area (Å²) in [4.78, 5) is 24.3. The van der Waals surface area contributed by atoms with E-state index in [4.69, 9.17) is 14.2 Å². The summed E-state index contributed by atoms with van der Waals surface area (Å²) in [5.74, 6) is -0.281. The van der Waals surface area contributed by atoms with Gasteiger partial charge in [0.2, 0.25) is 0 Å². The highest BCUT2D eigenvalue weighted by molar-refractivity contribution is 5.95. The van der Waals surface area contributed by atoms with Crippen molar-refractivity contribution in [1.29, 1.82) is 0 Å². The van der Waals surface area contributed by atoms with E-state index in [1.54, 1.807) is 18.2 Å². The highest BCUT2D eigenvalue weighted by Crippen LogP contribution is 2.31. The summed E-state index contributed by atoms with van der Waals surface area (Å²) in [6.45, 7) is 1.57. The number of benzene rings is 2. The molecule has 0 aliphatic heterocycles. The zero-order valence-corrected chi connectivity index (χ0v) is 15.9. The number of hydrogen-bond acceptors (Lipinski definition) is 5. The molecule has 2 aromatic rings. The van der Waals surface area contributed by atoms with Gasteiger partial charge < -0.3 is 19.5 Å². The molecular weight excluding hydrogens is 346 g/mol. The van der Waals surface area contributed by atoms with Crippen LogP contribution in [0, 0.1) is 0 Å². The average Bonchev–Trinajstić information content (AvgIpc) is 2.70. The molecule has 1 atom stereocenters. The van der Waals surface area contributed by atoms with Crippen LogP contribution in [0.4, 0.5) is 0 Å². The van der Waals surface area contributed by atoms with E-state index in [1.807, 2.05) is 25.1 Å². The minimum atomic E-state index is -0.641. The zero-order valence-electron chi connectivity index (χ0n) is 15.9. The van der Waals surface area contributed by atoms with Crippen LogP contribution >= 0.6 is 0 Å². The number of ether oxygens (including phenoxy) is 3. The molecule has 0 heterocycles. The molecule has 0 bridgehead atoms. The fourth-order valence-corrected chi connectivity index (χ4v) is 2.67. The maximum absolute atomic E-state index is 12.3.